The zero-order chi connectivity index (χ0) is 18.7. The Balaban J connectivity index is 1.61. The lowest BCUT2D eigenvalue weighted by Gasteiger charge is -2.13. The molecule has 1 aromatic carbocycles. The van der Waals surface area contributed by atoms with Crippen LogP contribution in [0.1, 0.15) is 38.9 Å². The van der Waals surface area contributed by atoms with Gasteiger partial charge in [-0.3, -0.25) is 4.79 Å². The minimum atomic E-state index is -0.235. The second-order valence-corrected chi connectivity index (χ2v) is 6.41. The lowest BCUT2D eigenvalue weighted by molar-refractivity contribution is 0.0764. The van der Waals surface area contributed by atoms with E-state index in [2.05, 4.69) is 5.16 Å². The van der Waals surface area contributed by atoms with Crippen LogP contribution in [0.25, 0.3) is 0 Å². The number of benzene rings is 1. The second kappa shape index (κ2) is 7.47. The van der Waals surface area contributed by atoms with Gasteiger partial charge in [-0.2, -0.15) is 0 Å². The number of amides is 1. The summed E-state index contributed by atoms with van der Waals surface area (Å²) in [5.74, 6) is 2.59. The first kappa shape index (κ1) is 17.8. The fourth-order valence-electron chi connectivity index (χ4n) is 2.56. The van der Waals surface area contributed by atoms with Crippen LogP contribution in [-0.4, -0.2) is 23.0 Å². The van der Waals surface area contributed by atoms with Crippen LogP contribution in [0.5, 0.6) is 5.75 Å². The average Bonchev–Trinajstić information content (AvgIpc) is 3.24. The predicted molar refractivity (Wildman–Crippen MR) is 96.0 cm³/mol. The number of hydrogen-bond acceptors (Lipinski definition) is 5. The van der Waals surface area contributed by atoms with Gasteiger partial charge >= 0.3 is 0 Å². The van der Waals surface area contributed by atoms with Gasteiger partial charge in [-0.25, -0.2) is 0 Å². The van der Waals surface area contributed by atoms with Gasteiger partial charge in [-0.05, 0) is 50.1 Å². The molecule has 3 aromatic rings. The number of ether oxygens (including phenoxy) is 1. The van der Waals surface area contributed by atoms with Crippen molar-refractivity contribution in [1.82, 2.24) is 10.1 Å². The highest BCUT2D eigenvalue weighted by atomic mass is 16.5. The molecule has 0 radical (unpaired) electrons. The van der Waals surface area contributed by atoms with Gasteiger partial charge in [0.2, 0.25) is 0 Å². The smallest absolute Gasteiger partial charge is 0.276 e. The molecule has 0 aliphatic carbocycles. The van der Waals surface area contributed by atoms with E-state index in [0.717, 1.165) is 28.4 Å². The molecular weight excluding hydrogens is 332 g/mol. The predicted octanol–water partition coefficient (Wildman–Crippen LogP) is 4.04. The molecule has 0 saturated carbocycles. The third-order valence-electron chi connectivity index (χ3n) is 4.03. The molecule has 6 nitrogen and oxygen atoms in total. The summed E-state index contributed by atoms with van der Waals surface area (Å²) in [7, 11) is 1.70. The Morgan fingerprint density at radius 2 is 1.92 bits per heavy atom. The number of aromatic nitrogens is 1. The van der Waals surface area contributed by atoms with E-state index >= 15 is 0 Å². The molecule has 136 valence electrons. The molecule has 26 heavy (non-hydrogen) atoms. The second-order valence-electron chi connectivity index (χ2n) is 6.41. The Kier molecular flexibility index (Phi) is 5.11. The van der Waals surface area contributed by atoms with Crippen molar-refractivity contribution in [3.05, 3.63) is 70.5 Å². The van der Waals surface area contributed by atoms with Gasteiger partial charge in [0.05, 0.1) is 6.54 Å². The van der Waals surface area contributed by atoms with Crippen molar-refractivity contribution in [3.63, 3.8) is 0 Å². The molecule has 0 N–H and O–H groups in total. The lowest BCUT2D eigenvalue weighted by atomic mass is 10.1. The quantitative estimate of drug-likeness (QED) is 0.668. The maximum absolute atomic E-state index is 12.5. The maximum Gasteiger partial charge on any atom is 0.276 e. The summed E-state index contributed by atoms with van der Waals surface area (Å²) < 4.78 is 16.5. The number of furan rings is 1. The third kappa shape index (κ3) is 4.14. The van der Waals surface area contributed by atoms with E-state index in [-0.39, 0.29) is 18.2 Å². The number of carbonyl (C=O) groups excluding carboxylic acids is 1. The Morgan fingerprint density at radius 3 is 2.65 bits per heavy atom. The van der Waals surface area contributed by atoms with E-state index in [0.29, 0.717) is 12.3 Å². The van der Waals surface area contributed by atoms with E-state index in [1.807, 2.05) is 51.1 Å². The van der Waals surface area contributed by atoms with Gasteiger partial charge in [0.25, 0.3) is 5.91 Å². The van der Waals surface area contributed by atoms with E-state index < -0.39 is 0 Å². The number of carbonyl (C=O) groups is 1. The minimum absolute atomic E-state index is 0.214. The SMILES string of the molecule is Cc1ccc(C)c(OCc2cc(C(=O)N(C)Cc3ccc(C)o3)no2)c1. The first-order valence-electron chi connectivity index (χ1n) is 8.39. The summed E-state index contributed by atoms with van der Waals surface area (Å²) >= 11 is 0. The molecule has 0 bridgehead atoms. The van der Waals surface area contributed by atoms with Crippen molar-refractivity contribution in [2.75, 3.05) is 7.05 Å². The van der Waals surface area contributed by atoms with Crippen molar-refractivity contribution in [2.45, 2.75) is 33.9 Å². The van der Waals surface area contributed by atoms with Crippen LogP contribution < -0.4 is 4.74 Å². The summed E-state index contributed by atoms with van der Waals surface area (Å²) in [4.78, 5) is 14.0. The van der Waals surface area contributed by atoms with Gasteiger partial charge in [0.15, 0.2) is 11.5 Å². The first-order chi connectivity index (χ1) is 12.4. The van der Waals surface area contributed by atoms with Gasteiger partial charge in [0.1, 0.15) is 23.9 Å². The zero-order valence-electron chi connectivity index (χ0n) is 15.4. The molecule has 0 aliphatic rings. The summed E-state index contributed by atoms with van der Waals surface area (Å²) in [6, 6.07) is 11.3. The van der Waals surface area contributed by atoms with E-state index in [4.69, 9.17) is 13.7 Å². The van der Waals surface area contributed by atoms with Crippen LogP contribution in [0.3, 0.4) is 0 Å². The normalized spacial score (nSPS) is 10.8. The molecule has 2 heterocycles. The van der Waals surface area contributed by atoms with Crippen LogP contribution in [-0.2, 0) is 13.2 Å². The monoisotopic (exact) mass is 354 g/mol. The topological polar surface area (TPSA) is 68.7 Å². The van der Waals surface area contributed by atoms with E-state index in [9.17, 15) is 4.79 Å². The van der Waals surface area contributed by atoms with Gasteiger partial charge in [-0.1, -0.05) is 17.3 Å². The van der Waals surface area contributed by atoms with Crippen molar-refractivity contribution in [3.8, 4) is 5.75 Å². The molecule has 6 heteroatoms. The first-order valence-corrected chi connectivity index (χ1v) is 8.39. The highest BCUT2D eigenvalue weighted by molar-refractivity contribution is 5.92. The van der Waals surface area contributed by atoms with Crippen LogP contribution in [0.15, 0.2) is 45.3 Å². The Morgan fingerprint density at radius 1 is 1.12 bits per heavy atom. The zero-order valence-corrected chi connectivity index (χ0v) is 15.4. The standard InChI is InChI=1S/C20H22N2O4/c1-13-5-6-14(2)19(9-13)24-12-17-10-18(21-26-17)20(23)22(4)11-16-8-7-15(3)25-16/h5-10H,11-12H2,1-4H3. The minimum Gasteiger partial charge on any atom is -0.485 e. The van der Waals surface area contributed by atoms with Gasteiger partial charge in [0, 0.05) is 13.1 Å². The summed E-state index contributed by atoms with van der Waals surface area (Å²) in [5.41, 5.74) is 2.41. The van der Waals surface area contributed by atoms with Crippen molar-refractivity contribution >= 4 is 5.91 Å². The highest BCUT2D eigenvalue weighted by Gasteiger charge is 2.18. The third-order valence-corrected chi connectivity index (χ3v) is 4.03. The molecule has 2 aromatic heterocycles. The molecule has 0 atom stereocenters. The summed E-state index contributed by atoms with van der Waals surface area (Å²) in [6.07, 6.45) is 0. The summed E-state index contributed by atoms with van der Waals surface area (Å²) in [5, 5.41) is 3.86. The van der Waals surface area contributed by atoms with Crippen LogP contribution in [0, 0.1) is 20.8 Å². The Hall–Kier alpha value is -3.02. The van der Waals surface area contributed by atoms with Crippen molar-refractivity contribution < 1.29 is 18.5 Å². The molecule has 0 unspecified atom stereocenters. The highest BCUT2D eigenvalue weighted by Crippen LogP contribution is 2.21. The molecule has 0 aliphatic heterocycles. The van der Waals surface area contributed by atoms with Gasteiger partial charge < -0.3 is 18.6 Å². The fraction of sp³-hybridized carbons (Fsp3) is 0.300. The van der Waals surface area contributed by atoms with Crippen LogP contribution in [0.4, 0.5) is 0 Å². The van der Waals surface area contributed by atoms with Crippen LogP contribution in [0.2, 0.25) is 0 Å². The molecular formula is C20H22N2O4. The lowest BCUT2D eigenvalue weighted by Crippen LogP contribution is -2.26. The molecule has 1 amide bonds. The number of aryl methyl sites for hydroxylation is 3. The Labute approximate surface area is 152 Å². The fourth-order valence-corrected chi connectivity index (χ4v) is 2.56. The largest absolute Gasteiger partial charge is 0.485 e. The average molecular weight is 354 g/mol. The molecule has 0 spiro atoms. The van der Waals surface area contributed by atoms with Crippen LogP contribution >= 0.6 is 0 Å². The Bertz CT molecular complexity index is 910. The molecule has 0 fully saturated rings. The maximum atomic E-state index is 12.5. The van der Waals surface area contributed by atoms with Crippen molar-refractivity contribution in [1.29, 1.82) is 0 Å². The van der Waals surface area contributed by atoms with E-state index in [1.54, 1.807) is 13.1 Å². The number of rotatable bonds is 6. The van der Waals surface area contributed by atoms with Gasteiger partial charge in [-0.15, -0.1) is 0 Å². The summed E-state index contributed by atoms with van der Waals surface area (Å²) in [6.45, 7) is 6.44. The number of hydrogen-bond donors (Lipinski definition) is 0. The van der Waals surface area contributed by atoms with Crippen molar-refractivity contribution in [2.24, 2.45) is 0 Å². The molecule has 0 saturated heterocycles. The number of nitrogens with zero attached hydrogens (tertiary/aromatic N) is 2. The van der Waals surface area contributed by atoms with E-state index in [1.165, 1.54) is 4.90 Å². The molecule has 3 rings (SSSR count).